The quantitative estimate of drug-likeness (QED) is 0.688. The number of ether oxygens (including phenoxy) is 2. The SMILES string of the molecule is Cc1nc(NCc2ccccc2)ncc1C(=O)NCc1ccc2c(c1)OCO2. The van der Waals surface area contributed by atoms with Gasteiger partial charge in [0.25, 0.3) is 5.91 Å². The lowest BCUT2D eigenvalue weighted by molar-refractivity contribution is 0.0949. The smallest absolute Gasteiger partial charge is 0.254 e. The van der Waals surface area contributed by atoms with E-state index in [-0.39, 0.29) is 12.7 Å². The molecule has 3 aromatic rings. The van der Waals surface area contributed by atoms with Crippen molar-refractivity contribution in [2.45, 2.75) is 20.0 Å². The van der Waals surface area contributed by atoms with Crippen molar-refractivity contribution in [3.8, 4) is 11.5 Å². The first-order chi connectivity index (χ1) is 13.7. The van der Waals surface area contributed by atoms with Crippen molar-refractivity contribution in [1.29, 1.82) is 0 Å². The number of amides is 1. The van der Waals surface area contributed by atoms with Crippen LogP contribution in [0, 0.1) is 6.92 Å². The molecule has 0 saturated carbocycles. The molecule has 142 valence electrons. The van der Waals surface area contributed by atoms with E-state index in [1.807, 2.05) is 48.5 Å². The van der Waals surface area contributed by atoms with Gasteiger partial charge < -0.3 is 20.1 Å². The van der Waals surface area contributed by atoms with Crippen LogP contribution in [-0.4, -0.2) is 22.7 Å². The number of hydrogen-bond donors (Lipinski definition) is 2. The first kappa shape index (κ1) is 17.8. The number of fused-ring (bicyclic) bond motifs is 1. The van der Waals surface area contributed by atoms with Crippen LogP contribution in [0.4, 0.5) is 5.95 Å². The zero-order valence-corrected chi connectivity index (χ0v) is 15.4. The molecule has 1 aliphatic rings. The van der Waals surface area contributed by atoms with Gasteiger partial charge in [-0.1, -0.05) is 36.4 Å². The summed E-state index contributed by atoms with van der Waals surface area (Å²) in [6.45, 7) is 3.02. The van der Waals surface area contributed by atoms with Crippen LogP contribution in [0.2, 0.25) is 0 Å². The molecule has 7 heteroatoms. The van der Waals surface area contributed by atoms with Crippen molar-refractivity contribution in [1.82, 2.24) is 15.3 Å². The van der Waals surface area contributed by atoms with Crippen molar-refractivity contribution in [2.75, 3.05) is 12.1 Å². The van der Waals surface area contributed by atoms with Gasteiger partial charge in [-0.15, -0.1) is 0 Å². The van der Waals surface area contributed by atoms with Gasteiger partial charge in [0.2, 0.25) is 12.7 Å². The Balaban J connectivity index is 1.36. The maximum Gasteiger partial charge on any atom is 0.254 e. The highest BCUT2D eigenvalue weighted by molar-refractivity contribution is 5.94. The number of nitrogens with one attached hydrogen (secondary N) is 2. The highest BCUT2D eigenvalue weighted by Gasteiger charge is 2.15. The fraction of sp³-hybridized carbons (Fsp3) is 0.190. The summed E-state index contributed by atoms with van der Waals surface area (Å²) in [7, 11) is 0. The van der Waals surface area contributed by atoms with Gasteiger partial charge in [-0.25, -0.2) is 9.97 Å². The van der Waals surface area contributed by atoms with Crippen LogP contribution in [0.25, 0.3) is 0 Å². The van der Waals surface area contributed by atoms with E-state index in [1.54, 1.807) is 13.1 Å². The monoisotopic (exact) mass is 376 g/mol. The summed E-state index contributed by atoms with van der Waals surface area (Å²) in [5.41, 5.74) is 3.13. The molecule has 0 fully saturated rings. The van der Waals surface area contributed by atoms with E-state index in [9.17, 15) is 4.79 Å². The molecule has 2 heterocycles. The summed E-state index contributed by atoms with van der Waals surface area (Å²) < 4.78 is 10.6. The minimum absolute atomic E-state index is 0.218. The molecule has 0 bridgehead atoms. The maximum absolute atomic E-state index is 12.5. The van der Waals surface area contributed by atoms with Gasteiger partial charge in [0.1, 0.15) is 0 Å². The topological polar surface area (TPSA) is 85.4 Å². The molecule has 2 N–H and O–H groups in total. The average Bonchev–Trinajstić information content (AvgIpc) is 3.19. The molecule has 0 radical (unpaired) electrons. The lowest BCUT2D eigenvalue weighted by atomic mass is 10.2. The number of aryl methyl sites for hydroxylation is 1. The lowest BCUT2D eigenvalue weighted by Crippen LogP contribution is -2.24. The number of carbonyl (C=O) groups is 1. The van der Waals surface area contributed by atoms with Crippen LogP contribution >= 0.6 is 0 Å². The molecule has 4 rings (SSSR count). The standard InChI is InChI=1S/C21H20N4O3/c1-14-17(12-24-21(25-14)23-10-15-5-3-2-4-6-15)20(26)22-11-16-7-8-18-19(9-16)28-13-27-18/h2-9,12H,10-11,13H2,1H3,(H,22,26)(H,23,24,25). The zero-order valence-electron chi connectivity index (χ0n) is 15.4. The predicted octanol–water partition coefficient (Wildman–Crippen LogP) is 3.06. The number of rotatable bonds is 6. The summed E-state index contributed by atoms with van der Waals surface area (Å²) in [5.74, 6) is 1.69. The van der Waals surface area contributed by atoms with E-state index in [1.165, 1.54) is 0 Å². The third-order valence-corrected chi connectivity index (χ3v) is 4.41. The van der Waals surface area contributed by atoms with E-state index < -0.39 is 0 Å². The number of nitrogens with zero attached hydrogens (tertiary/aromatic N) is 2. The van der Waals surface area contributed by atoms with Gasteiger partial charge in [0.05, 0.1) is 11.3 Å². The molecule has 7 nitrogen and oxygen atoms in total. The summed E-state index contributed by atoms with van der Waals surface area (Å²) in [4.78, 5) is 21.1. The van der Waals surface area contributed by atoms with Crippen LogP contribution in [0.3, 0.4) is 0 Å². The first-order valence-corrected chi connectivity index (χ1v) is 8.97. The Hall–Kier alpha value is -3.61. The second kappa shape index (κ2) is 7.96. The van der Waals surface area contributed by atoms with E-state index in [0.29, 0.717) is 36.0 Å². The van der Waals surface area contributed by atoms with Gasteiger partial charge >= 0.3 is 0 Å². The van der Waals surface area contributed by atoms with Crippen LogP contribution in [0.1, 0.15) is 27.2 Å². The number of carbonyl (C=O) groups excluding carboxylic acids is 1. The highest BCUT2D eigenvalue weighted by Crippen LogP contribution is 2.32. The van der Waals surface area contributed by atoms with Crippen molar-refractivity contribution in [3.05, 3.63) is 77.1 Å². The Kier molecular flexibility index (Phi) is 5.05. The minimum atomic E-state index is -0.218. The molecule has 0 unspecified atom stereocenters. The molecular weight excluding hydrogens is 356 g/mol. The van der Waals surface area contributed by atoms with Gasteiger partial charge in [-0.3, -0.25) is 4.79 Å². The zero-order chi connectivity index (χ0) is 19.3. The summed E-state index contributed by atoms with van der Waals surface area (Å²) >= 11 is 0. The van der Waals surface area contributed by atoms with Crippen LogP contribution in [0.5, 0.6) is 11.5 Å². The first-order valence-electron chi connectivity index (χ1n) is 8.97. The maximum atomic E-state index is 12.5. The van der Waals surface area contributed by atoms with Crippen LogP contribution in [-0.2, 0) is 13.1 Å². The van der Waals surface area contributed by atoms with E-state index in [4.69, 9.17) is 9.47 Å². The number of benzene rings is 2. The van der Waals surface area contributed by atoms with Crippen LogP contribution < -0.4 is 20.1 Å². The third-order valence-electron chi connectivity index (χ3n) is 4.41. The largest absolute Gasteiger partial charge is 0.454 e. The Labute approximate surface area is 162 Å². The van der Waals surface area contributed by atoms with E-state index in [2.05, 4.69) is 20.6 Å². The van der Waals surface area contributed by atoms with Crippen molar-refractivity contribution in [3.63, 3.8) is 0 Å². The molecule has 2 aromatic carbocycles. The lowest BCUT2D eigenvalue weighted by Gasteiger charge is -2.10. The Morgan fingerprint density at radius 1 is 1.04 bits per heavy atom. The van der Waals surface area contributed by atoms with Crippen molar-refractivity contribution < 1.29 is 14.3 Å². The van der Waals surface area contributed by atoms with Crippen molar-refractivity contribution in [2.24, 2.45) is 0 Å². The molecule has 0 spiro atoms. The third kappa shape index (κ3) is 4.03. The molecule has 0 aliphatic carbocycles. The van der Waals surface area contributed by atoms with Crippen LogP contribution in [0.15, 0.2) is 54.7 Å². The Morgan fingerprint density at radius 2 is 1.86 bits per heavy atom. The van der Waals surface area contributed by atoms with Gasteiger partial charge in [0.15, 0.2) is 11.5 Å². The molecule has 1 aliphatic heterocycles. The second-order valence-electron chi connectivity index (χ2n) is 6.40. The molecule has 0 atom stereocenters. The van der Waals surface area contributed by atoms with E-state index in [0.717, 1.165) is 16.9 Å². The minimum Gasteiger partial charge on any atom is -0.454 e. The molecule has 0 saturated heterocycles. The number of aromatic nitrogens is 2. The van der Waals surface area contributed by atoms with Crippen molar-refractivity contribution >= 4 is 11.9 Å². The second-order valence-corrected chi connectivity index (χ2v) is 6.40. The molecule has 28 heavy (non-hydrogen) atoms. The number of anilines is 1. The fourth-order valence-electron chi connectivity index (χ4n) is 2.88. The summed E-state index contributed by atoms with van der Waals surface area (Å²) in [6.07, 6.45) is 1.55. The fourth-order valence-corrected chi connectivity index (χ4v) is 2.88. The number of hydrogen-bond acceptors (Lipinski definition) is 6. The summed E-state index contributed by atoms with van der Waals surface area (Å²) in [6, 6.07) is 15.6. The van der Waals surface area contributed by atoms with Gasteiger partial charge in [0, 0.05) is 19.3 Å². The Morgan fingerprint density at radius 3 is 2.68 bits per heavy atom. The van der Waals surface area contributed by atoms with Gasteiger partial charge in [-0.2, -0.15) is 0 Å². The average molecular weight is 376 g/mol. The molecule has 1 amide bonds. The molecule has 1 aromatic heterocycles. The summed E-state index contributed by atoms with van der Waals surface area (Å²) in [5, 5.41) is 6.06. The van der Waals surface area contributed by atoms with E-state index >= 15 is 0 Å². The Bertz CT molecular complexity index is 992. The highest BCUT2D eigenvalue weighted by atomic mass is 16.7. The normalized spacial score (nSPS) is 11.9. The van der Waals surface area contributed by atoms with Gasteiger partial charge in [-0.05, 0) is 30.2 Å². The predicted molar refractivity (Wildman–Crippen MR) is 104 cm³/mol. The molecular formula is C21H20N4O3.